The minimum absolute atomic E-state index is 0.107. The lowest BCUT2D eigenvalue weighted by Gasteiger charge is -2.37. The molecule has 0 aromatic carbocycles. The summed E-state index contributed by atoms with van der Waals surface area (Å²) in [7, 11) is -1.92. The van der Waals surface area contributed by atoms with Crippen LogP contribution in [0.4, 0.5) is 0 Å². The fraction of sp³-hybridized carbons (Fsp3) is 0.947. The molecule has 0 aromatic heterocycles. The van der Waals surface area contributed by atoms with Crippen LogP contribution in [0.1, 0.15) is 55.4 Å². The zero-order valence-electron chi connectivity index (χ0n) is 18.0. The zero-order valence-corrected chi connectivity index (χ0v) is 19.0. The molecule has 2 saturated heterocycles. The Morgan fingerprint density at radius 1 is 1.04 bits per heavy atom. The van der Waals surface area contributed by atoms with Crippen molar-refractivity contribution in [3.63, 3.8) is 0 Å². The number of fused-ring (bicyclic) bond motifs is 1. The van der Waals surface area contributed by atoms with Gasteiger partial charge in [0, 0.05) is 0 Å². The highest BCUT2D eigenvalue weighted by Gasteiger charge is 2.57. The first-order chi connectivity index (χ1) is 11.5. The van der Waals surface area contributed by atoms with E-state index in [1.165, 1.54) is 0 Å². The second-order valence-corrected chi connectivity index (χ2v) is 15.1. The van der Waals surface area contributed by atoms with Crippen LogP contribution in [-0.2, 0) is 28.2 Å². The van der Waals surface area contributed by atoms with E-state index in [2.05, 4.69) is 33.9 Å². The Labute approximate surface area is 159 Å². The fourth-order valence-electron chi connectivity index (χ4n) is 2.66. The molecule has 152 valence electrons. The Morgan fingerprint density at radius 3 is 2.08 bits per heavy atom. The molecule has 2 aliphatic rings. The predicted molar refractivity (Wildman–Crippen MR) is 101 cm³/mol. The average Bonchev–Trinajstić information content (AvgIpc) is 2.89. The highest BCUT2D eigenvalue weighted by molar-refractivity contribution is 6.74. The maximum Gasteiger partial charge on any atom is 0.313 e. The SMILES string of the molecule is CC1(C)O[C@H]2[C@@H](OC(=O)C(C)(C)C)O[C@H](CO[Si](C)(C)C(C)(C)C)[C@H]2O1. The summed E-state index contributed by atoms with van der Waals surface area (Å²) >= 11 is 0. The molecule has 4 atom stereocenters. The molecule has 0 aliphatic carbocycles. The highest BCUT2D eigenvalue weighted by Crippen LogP contribution is 2.41. The van der Waals surface area contributed by atoms with Crippen molar-refractivity contribution in [2.45, 2.75) is 104 Å². The third-order valence-electron chi connectivity index (χ3n) is 5.36. The molecular weight excluding hydrogens is 352 g/mol. The first kappa shape index (κ1) is 21.8. The number of carbonyl (C=O) groups is 1. The number of rotatable bonds is 4. The second kappa shape index (κ2) is 6.85. The van der Waals surface area contributed by atoms with Gasteiger partial charge in [-0.3, -0.25) is 4.79 Å². The van der Waals surface area contributed by atoms with Crippen molar-refractivity contribution >= 4 is 14.3 Å². The number of carbonyl (C=O) groups excluding carboxylic acids is 1. The van der Waals surface area contributed by atoms with E-state index in [9.17, 15) is 4.79 Å². The molecule has 2 fully saturated rings. The maximum atomic E-state index is 12.3. The largest absolute Gasteiger partial charge is 0.432 e. The number of hydrogen-bond donors (Lipinski definition) is 0. The lowest BCUT2D eigenvalue weighted by molar-refractivity contribution is -0.237. The summed E-state index contributed by atoms with van der Waals surface area (Å²) in [5.41, 5.74) is -0.608. The van der Waals surface area contributed by atoms with E-state index >= 15 is 0 Å². The Bertz CT molecular complexity index is 531. The minimum Gasteiger partial charge on any atom is -0.432 e. The van der Waals surface area contributed by atoms with Crippen LogP contribution in [0.5, 0.6) is 0 Å². The molecule has 2 rings (SSSR count). The summed E-state index contributed by atoms with van der Waals surface area (Å²) in [6, 6.07) is 0. The Hall–Kier alpha value is -0.473. The van der Waals surface area contributed by atoms with Crippen LogP contribution in [0, 0.1) is 5.41 Å². The summed E-state index contributed by atoms with van der Waals surface area (Å²) < 4.78 is 29.9. The molecule has 0 aromatic rings. The van der Waals surface area contributed by atoms with Crippen LogP contribution >= 0.6 is 0 Å². The number of hydrogen-bond acceptors (Lipinski definition) is 6. The van der Waals surface area contributed by atoms with Crippen molar-refractivity contribution in [1.82, 2.24) is 0 Å². The van der Waals surface area contributed by atoms with Gasteiger partial charge >= 0.3 is 5.97 Å². The minimum atomic E-state index is -1.92. The van der Waals surface area contributed by atoms with Gasteiger partial charge in [-0.05, 0) is 52.8 Å². The molecule has 26 heavy (non-hydrogen) atoms. The molecule has 0 amide bonds. The first-order valence-corrected chi connectivity index (χ1v) is 12.3. The smallest absolute Gasteiger partial charge is 0.313 e. The van der Waals surface area contributed by atoms with Crippen LogP contribution in [0.2, 0.25) is 18.1 Å². The number of esters is 1. The van der Waals surface area contributed by atoms with Gasteiger partial charge in [0.05, 0.1) is 12.0 Å². The quantitative estimate of drug-likeness (QED) is 0.538. The molecule has 0 N–H and O–H groups in total. The predicted octanol–water partition coefficient (Wildman–Crippen LogP) is 3.84. The molecule has 0 unspecified atom stereocenters. The molecule has 0 spiro atoms. The fourth-order valence-corrected chi connectivity index (χ4v) is 3.67. The molecule has 2 heterocycles. The van der Waals surface area contributed by atoms with Crippen molar-refractivity contribution in [3.05, 3.63) is 0 Å². The first-order valence-electron chi connectivity index (χ1n) is 9.40. The van der Waals surface area contributed by atoms with E-state index in [0.717, 1.165) is 0 Å². The van der Waals surface area contributed by atoms with Crippen LogP contribution in [-0.4, -0.2) is 51.3 Å². The molecule has 0 radical (unpaired) electrons. The van der Waals surface area contributed by atoms with E-state index in [1.807, 2.05) is 34.6 Å². The standard InChI is InChI=1S/C19H36O6Si/c1-17(2,3)16(20)23-15-14-13(24-19(7,8)25-14)12(22-15)11-21-26(9,10)18(4,5)6/h12-15H,11H2,1-10H3/t12-,13-,14-,15-/m1/s1. The maximum absolute atomic E-state index is 12.3. The third kappa shape index (κ3) is 4.68. The lowest BCUT2D eigenvalue weighted by atomic mass is 9.97. The average molecular weight is 389 g/mol. The van der Waals surface area contributed by atoms with E-state index in [1.54, 1.807) is 0 Å². The topological polar surface area (TPSA) is 63.2 Å². The zero-order chi connectivity index (χ0) is 20.1. The van der Waals surface area contributed by atoms with Crippen molar-refractivity contribution in [2.24, 2.45) is 5.41 Å². The lowest BCUT2D eigenvalue weighted by Crippen LogP contribution is -2.44. The van der Waals surface area contributed by atoms with E-state index < -0.39 is 31.9 Å². The van der Waals surface area contributed by atoms with Gasteiger partial charge in [-0.2, -0.15) is 0 Å². The molecular formula is C19H36O6Si. The van der Waals surface area contributed by atoms with Gasteiger partial charge < -0.3 is 23.4 Å². The van der Waals surface area contributed by atoms with Crippen molar-refractivity contribution in [3.8, 4) is 0 Å². The molecule has 6 nitrogen and oxygen atoms in total. The monoisotopic (exact) mass is 388 g/mol. The molecule has 0 bridgehead atoms. The Balaban J connectivity index is 2.10. The van der Waals surface area contributed by atoms with E-state index in [0.29, 0.717) is 6.61 Å². The van der Waals surface area contributed by atoms with Crippen molar-refractivity contribution in [2.75, 3.05) is 6.61 Å². The van der Waals surface area contributed by atoms with Gasteiger partial charge in [0.25, 0.3) is 0 Å². The summed E-state index contributed by atoms with van der Waals surface area (Å²) in [6.07, 6.45) is -1.85. The normalized spacial score (nSPS) is 31.8. The summed E-state index contributed by atoms with van der Waals surface area (Å²) in [5, 5.41) is 0.107. The van der Waals surface area contributed by atoms with Gasteiger partial charge in [0.2, 0.25) is 6.29 Å². The van der Waals surface area contributed by atoms with Gasteiger partial charge in [-0.15, -0.1) is 0 Å². The van der Waals surface area contributed by atoms with Crippen LogP contribution in [0.3, 0.4) is 0 Å². The third-order valence-corrected chi connectivity index (χ3v) is 9.86. The Morgan fingerprint density at radius 2 is 1.58 bits per heavy atom. The van der Waals surface area contributed by atoms with E-state index in [-0.39, 0.29) is 23.2 Å². The molecule has 7 heteroatoms. The summed E-state index contributed by atoms with van der Waals surface area (Å²) in [4.78, 5) is 12.3. The van der Waals surface area contributed by atoms with Gasteiger partial charge in [0.1, 0.15) is 12.2 Å². The second-order valence-electron chi connectivity index (χ2n) is 10.3. The van der Waals surface area contributed by atoms with Gasteiger partial charge in [-0.1, -0.05) is 20.8 Å². The van der Waals surface area contributed by atoms with Crippen molar-refractivity contribution in [1.29, 1.82) is 0 Å². The van der Waals surface area contributed by atoms with Crippen molar-refractivity contribution < 1.29 is 28.2 Å². The van der Waals surface area contributed by atoms with Crippen LogP contribution in [0.25, 0.3) is 0 Å². The van der Waals surface area contributed by atoms with E-state index in [4.69, 9.17) is 23.4 Å². The van der Waals surface area contributed by atoms with Gasteiger partial charge in [-0.25, -0.2) is 0 Å². The van der Waals surface area contributed by atoms with Gasteiger partial charge in [0.15, 0.2) is 20.2 Å². The summed E-state index contributed by atoms with van der Waals surface area (Å²) in [6.45, 7) is 20.6. The van der Waals surface area contributed by atoms with Crippen LogP contribution < -0.4 is 0 Å². The number of ether oxygens (including phenoxy) is 4. The van der Waals surface area contributed by atoms with Crippen LogP contribution in [0.15, 0.2) is 0 Å². The summed E-state index contributed by atoms with van der Waals surface area (Å²) in [5.74, 6) is -1.05. The highest BCUT2D eigenvalue weighted by atomic mass is 28.4. The molecule has 2 aliphatic heterocycles. The Kier molecular flexibility index (Phi) is 5.75. The molecule has 0 saturated carbocycles.